The molecular weight excluding hydrogens is 299 g/mol. The van der Waals surface area contributed by atoms with Crippen molar-refractivity contribution >= 4 is 5.91 Å². The Bertz CT molecular complexity index is 673. The van der Waals surface area contributed by atoms with Crippen molar-refractivity contribution in [3.63, 3.8) is 0 Å². The Morgan fingerprint density at radius 1 is 1.35 bits per heavy atom. The van der Waals surface area contributed by atoms with Crippen molar-refractivity contribution in [3.8, 4) is 5.69 Å². The standard InChI is InChI=1S/C16H19FN4O2/c1-11-7-12(17)9-14(8-11)21-10-15(19-20-21)16(22)18-13-3-2-5-23-6-4-13/h7-10,13H,2-6H2,1H3,(H,18,22). The number of rotatable bonds is 3. The van der Waals surface area contributed by atoms with E-state index >= 15 is 0 Å². The number of benzene rings is 1. The Morgan fingerprint density at radius 2 is 2.22 bits per heavy atom. The second-order valence-corrected chi connectivity index (χ2v) is 5.75. The average Bonchev–Trinajstić information content (AvgIpc) is 2.86. The van der Waals surface area contributed by atoms with Gasteiger partial charge in [-0.2, -0.15) is 0 Å². The van der Waals surface area contributed by atoms with E-state index in [1.807, 2.05) is 0 Å². The van der Waals surface area contributed by atoms with Crippen molar-refractivity contribution in [1.29, 1.82) is 0 Å². The highest BCUT2D eigenvalue weighted by Gasteiger charge is 2.18. The summed E-state index contributed by atoms with van der Waals surface area (Å²) >= 11 is 0. The van der Waals surface area contributed by atoms with Gasteiger partial charge in [0.1, 0.15) is 5.82 Å². The molecule has 1 N–H and O–H groups in total. The summed E-state index contributed by atoms with van der Waals surface area (Å²) in [5.41, 5.74) is 1.54. The number of nitrogens with zero attached hydrogens (tertiary/aromatic N) is 3. The van der Waals surface area contributed by atoms with Crippen molar-refractivity contribution < 1.29 is 13.9 Å². The molecule has 7 heteroatoms. The van der Waals surface area contributed by atoms with Crippen LogP contribution in [-0.4, -0.2) is 40.2 Å². The molecule has 1 atom stereocenters. The molecule has 122 valence electrons. The van der Waals surface area contributed by atoms with Gasteiger partial charge >= 0.3 is 0 Å². The van der Waals surface area contributed by atoms with E-state index in [1.54, 1.807) is 13.0 Å². The van der Waals surface area contributed by atoms with E-state index in [-0.39, 0.29) is 23.5 Å². The lowest BCUT2D eigenvalue weighted by atomic mass is 10.1. The van der Waals surface area contributed by atoms with Gasteiger partial charge in [-0.05, 0) is 49.9 Å². The van der Waals surface area contributed by atoms with Crippen LogP contribution in [-0.2, 0) is 4.74 Å². The minimum atomic E-state index is -0.347. The molecule has 1 unspecified atom stereocenters. The van der Waals surface area contributed by atoms with Gasteiger partial charge < -0.3 is 10.1 Å². The first-order chi connectivity index (χ1) is 11.1. The fourth-order valence-electron chi connectivity index (χ4n) is 2.65. The molecule has 2 heterocycles. The van der Waals surface area contributed by atoms with Crippen LogP contribution in [0.25, 0.3) is 5.69 Å². The minimum absolute atomic E-state index is 0.0894. The van der Waals surface area contributed by atoms with Gasteiger partial charge in [-0.1, -0.05) is 5.21 Å². The summed E-state index contributed by atoms with van der Waals surface area (Å²) in [5, 5.41) is 10.8. The largest absolute Gasteiger partial charge is 0.381 e. The summed E-state index contributed by atoms with van der Waals surface area (Å²) in [6, 6.07) is 4.66. The molecule has 6 nitrogen and oxygen atoms in total. The van der Waals surface area contributed by atoms with Crippen LogP contribution in [0.2, 0.25) is 0 Å². The number of ether oxygens (including phenoxy) is 1. The van der Waals surface area contributed by atoms with Crippen molar-refractivity contribution in [1.82, 2.24) is 20.3 Å². The van der Waals surface area contributed by atoms with E-state index in [4.69, 9.17) is 4.74 Å². The fraction of sp³-hybridized carbons (Fsp3) is 0.438. The van der Waals surface area contributed by atoms with Gasteiger partial charge in [0.15, 0.2) is 5.69 Å². The van der Waals surface area contributed by atoms with Crippen molar-refractivity contribution in [2.75, 3.05) is 13.2 Å². The molecule has 0 bridgehead atoms. The molecule has 1 aromatic heterocycles. The summed E-state index contributed by atoms with van der Waals surface area (Å²) in [5.74, 6) is -0.615. The fourth-order valence-corrected chi connectivity index (χ4v) is 2.65. The first-order valence-corrected chi connectivity index (χ1v) is 7.70. The van der Waals surface area contributed by atoms with Crippen LogP contribution in [0.5, 0.6) is 0 Å². The number of aromatic nitrogens is 3. The van der Waals surface area contributed by atoms with E-state index in [2.05, 4.69) is 15.6 Å². The third-order valence-corrected chi connectivity index (χ3v) is 3.80. The molecule has 3 rings (SSSR count). The third-order valence-electron chi connectivity index (χ3n) is 3.80. The molecule has 2 aromatic rings. The highest BCUT2D eigenvalue weighted by molar-refractivity contribution is 5.92. The molecule has 0 spiro atoms. The van der Waals surface area contributed by atoms with Gasteiger partial charge in [0.2, 0.25) is 0 Å². The molecule has 1 aliphatic rings. The molecule has 1 amide bonds. The van der Waals surface area contributed by atoms with Crippen molar-refractivity contribution in [2.24, 2.45) is 0 Å². The van der Waals surface area contributed by atoms with Crippen molar-refractivity contribution in [2.45, 2.75) is 32.2 Å². The quantitative estimate of drug-likeness (QED) is 0.940. The van der Waals surface area contributed by atoms with Crippen LogP contribution in [0.1, 0.15) is 35.3 Å². The van der Waals surface area contributed by atoms with Gasteiger partial charge in [-0.15, -0.1) is 5.10 Å². The van der Waals surface area contributed by atoms with Crippen LogP contribution in [0.4, 0.5) is 4.39 Å². The van der Waals surface area contributed by atoms with Gasteiger partial charge in [-0.3, -0.25) is 4.79 Å². The Hall–Kier alpha value is -2.28. The molecular formula is C16H19FN4O2. The van der Waals surface area contributed by atoms with E-state index in [0.717, 1.165) is 31.4 Å². The molecule has 1 saturated heterocycles. The van der Waals surface area contributed by atoms with Crippen LogP contribution in [0.3, 0.4) is 0 Å². The van der Waals surface area contributed by atoms with E-state index in [1.165, 1.54) is 23.0 Å². The lowest BCUT2D eigenvalue weighted by Gasteiger charge is -2.14. The highest BCUT2D eigenvalue weighted by atomic mass is 19.1. The zero-order chi connectivity index (χ0) is 16.2. The second kappa shape index (κ2) is 6.87. The monoisotopic (exact) mass is 318 g/mol. The number of aryl methyl sites for hydroxylation is 1. The average molecular weight is 318 g/mol. The van der Waals surface area contributed by atoms with Crippen LogP contribution in [0, 0.1) is 12.7 Å². The predicted molar refractivity (Wildman–Crippen MR) is 82.0 cm³/mol. The van der Waals surface area contributed by atoms with E-state index in [0.29, 0.717) is 12.3 Å². The molecule has 23 heavy (non-hydrogen) atoms. The number of amides is 1. The first-order valence-electron chi connectivity index (χ1n) is 7.70. The molecule has 0 saturated carbocycles. The normalized spacial score (nSPS) is 18.4. The Kier molecular flexibility index (Phi) is 4.66. The van der Waals surface area contributed by atoms with Gasteiger partial charge in [0.05, 0.1) is 11.9 Å². The number of nitrogens with one attached hydrogen (secondary N) is 1. The van der Waals surface area contributed by atoms with Crippen LogP contribution >= 0.6 is 0 Å². The van der Waals surface area contributed by atoms with Gasteiger partial charge in [-0.25, -0.2) is 9.07 Å². The maximum Gasteiger partial charge on any atom is 0.273 e. The molecule has 0 aliphatic carbocycles. The van der Waals surface area contributed by atoms with Crippen LogP contribution < -0.4 is 5.32 Å². The summed E-state index contributed by atoms with van der Waals surface area (Å²) in [7, 11) is 0. The van der Waals surface area contributed by atoms with Gasteiger partial charge in [0, 0.05) is 19.3 Å². The third kappa shape index (κ3) is 3.92. The number of hydrogen-bond donors (Lipinski definition) is 1. The minimum Gasteiger partial charge on any atom is -0.381 e. The summed E-state index contributed by atoms with van der Waals surface area (Å²) in [4.78, 5) is 12.3. The number of carbonyl (C=O) groups is 1. The Morgan fingerprint density at radius 3 is 3.04 bits per heavy atom. The first kappa shape index (κ1) is 15.6. The zero-order valence-corrected chi connectivity index (χ0v) is 13.0. The maximum absolute atomic E-state index is 13.5. The Balaban J connectivity index is 1.71. The number of halogens is 1. The highest BCUT2D eigenvalue weighted by Crippen LogP contribution is 2.13. The summed E-state index contributed by atoms with van der Waals surface area (Å²) < 4.78 is 20.3. The molecule has 0 radical (unpaired) electrons. The lowest BCUT2D eigenvalue weighted by molar-refractivity contribution is 0.0924. The van der Waals surface area contributed by atoms with Gasteiger partial charge in [0.25, 0.3) is 5.91 Å². The SMILES string of the molecule is Cc1cc(F)cc(-n2cc(C(=O)NC3CCCOCC3)nn2)c1. The van der Waals surface area contributed by atoms with E-state index in [9.17, 15) is 9.18 Å². The number of carbonyl (C=O) groups excluding carboxylic acids is 1. The summed E-state index contributed by atoms with van der Waals surface area (Å²) in [6.07, 6.45) is 4.13. The lowest BCUT2D eigenvalue weighted by Crippen LogP contribution is -2.35. The number of hydrogen-bond acceptors (Lipinski definition) is 4. The second-order valence-electron chi connectivity index (χ2n) is 5.75. The zero-order valence-electron chi connectivity index (χ0n) is 13.0. The maximum atomic E-state index is 13.5. The van der Waals surface area contributed by atoms with E-state index < -0.39 is 0 Å². The smallest absolute Gasteiger partial charge is 0.273 e. The van der Waals surface area contributed by atoms with Crippen LogP contribution in [0.15, 0.2) is 24.4 Å². The predicted octanol–water partition coefficient (Wildman–Crippen LogP) is 2.01. The molecule has 1 aliphatic heterocycles. The summed E-state index contributed by atoms with van der Waals surface area (Å²) in [6.45, 7) is 3.19. The van der Waals surface area contributed by atoms with Crippen molar-refractivity contribution in [3.05, 3.63) is 41.5 Å². The topological polar surface area (TPSA) is 69.0 Å². The molecule has 1 fully saturated rings. The molecule has 1 aromatic carbocycles. The Labute approximate surface area is 133 Å².